The van der Waals surface area contributed by atoms with Crippen molar-refractivity contribution in [2.45, 2.75) is 25.4 Å². The first-order valence-electron chi connectivity index (χ1n) is 8.62. The fourth-order valence-electron chi connectivity index (χ4n) is 3.46. The molecule has 4 heterocycles. The number of hydrogen-bond donors (Lipinski definition) is 0. The summed E-state index contributed by atoms with van der Waals surface area (Å²) in [6, 6.07) is 8.08. The molecule has 0 aliphatic carbocycles. The third-order valence-corrected chi connectivity index (χ3v) is 4.75. The van der Waals surface area contributed by atoms with Crippen molar-refractivity contribution < 1.29 is 4.79 Å². The van der Waals surface area contributed by atoms with E-state index in [9.17, 15) is 4.79 Å². The Bertz CT molecular complexity index is 825. The highest BCUT2D eigenvalue weighted by atomic mass is 16.2. The number of carbonyl (C=O) groups excluding carboxylic acids is 1. The van der Waals surface area contributed by atoms with Crippen molar-refractivity contribution in [2.24, 2.45) is 0 Å². The Morgan fingerprint density at radius 2 is 2.12 bits per heavy atom. The Labute approximate surface area is 146 Å². The van der Waals surface area contributed by atoms with Gasteiger partial charge >= 0.3 is 0 Å². The smallest absolute Gasteiger partial charge is 0.270 e. The molecule has 1 saturated heterocycles. The molecule has 0 radical (unpaired) electrons. The van der Waals surface area contributed by atoms with Crippen LogP contribution in [0.2, 0.25) is 0 Å². The Balaban J connectivity index is 1.50. The molecule has 1 aliphatic rings. The second-order valence-electron chi connectivity index (χ2n) is 6.44. The molecule has 1 aliphatic heterocycles. The third-order valence-electron chi connectivity index (χ3n) is 4.75. The molecule has 6 heteroatoms. The summed E-state index contributed by atoms with van der Waals surface area (Å²) in [5, 5.41) is 0. The van der Waals surface area contributed by atoms with Gasteiger partial charge in [-0.25, -0.2) is 4.98 Å². The molecule has 25 heavy (non-hydrogen) atoms. The predicted octanol–water partition coefficient (Wildman–Crippen LogP) is 2.61. The van der Waals surface area contributed by atoms with Gasteiger partial charge in [-0.2, -0.15) is 0 Å². The molecule has 1 fully saturated rings. The van der Waals surface area contributed by atoms with Crippen LogP contribution in [-0.4, -0.2) is 43.0 Å². The normalized spacial score (nSPS) is 17.6. The van der Waals surface area contributed by atoms with Gasteiger partial charge in [-0.1, -0.05) is 6.07 Å². The standard InChI is InChI=1S/C19H21N5O/c25-19(23-10-2-5-17(14-23)24-11-8-21-15-24)18-6-3-9-22(18)13-16-4-1-7-20-12-16/h1,3-4,6-9,11-12,15,17H,2,5,10,13-14H2. The molecule has 1 amide bonds. The Kier molecular flexibility index (Phi) is 4.33. The Morgan fingerprint density at radius 1 is 1.16 bits per heavy atom. The molecule has 3 aromatic heterocycles. The highest BCUT2D eigenvalue weighted by Gasteiger charge is 2.26. The number of pyridine rings is 1. The maximum Gasteiger partial charge on any atom is 0.270 e. The summed E-state index contributed by atoms with van der Waals surface area (Å²) in [4.78, 5) is 23.3. The largest absolute Gasteiger partial charge is 0.339 e. The quantitative estimate of drug-likeness (QED) is 0.736. The number of aromatic nitrogens is 4. The average molecular weight is 335 g/mol. The minimum Gasteiger partial charge on any atom is -0.339 e. The third kappa shape index (κ3) is 3.33. The van der Waals surface area contributed by atoms with Crippen molar-refractivity contribution in [3.8, 4) is 0 Å². The lowest BCUT2D eigenvalue weighted by Gasteiger charge is -2.33. The second-order valence-corrected chi connectivity index (χ2v) is 6.44. The molecule has 0 N–H and O–H groups in total. The number of piperidine rings is 1. The van der Waals surface area contributed by atoms with Crippen molar-refractivity contribution in [3.05, 3.63) is 72.8 Å². The SMILES string of the molecule is O=C(c1cccn1Cc1cccnc1)N1CCCC(n2ccnc2)C1. The fraction of sp³-hybridized carbons (Fsp3) is 0.316. The van der Waals surface area contributed by atoms with Gasteiger partial charge in [0.05, 0.1) is 12.4 Å². The van der Waals surface area contributed by atoms with E-state index >= 15 is 0 Å². The van der Waals surface area contributed by atoms with Crippen molar-refractivity contribution in [2.75, 3.05) is 13.1 Å². The van der Waals surface area contributed by atoms with Crippen LogP contribution in [0, 0.1) is 0 Å². The van der Waals surface area contributed by atoms with Gasteiger partial charge in [0.15, 0.2) is 0 Å². The minimum absolute atomic E-state index is 0.0960. The molecule has 0 aromatic carbocycles. The second kappa shape index (κ2) is 6.93. The summed E-state index contributed by atoms with van der Waals surface area (Å²) in [6.45, 7) is 2.19. The monoisotopic (exact) mass is 335 g/mol. The highest BCUT2D eigenvalue weighted by molar-refractivity contribution is 5.92. The van der Waals surface area contributed by atoms with Crippen molar-refractivity contribution >= 4 is 5.91 Å². The molecular formula is C19H21N5O. The summed E-state index contributed by atoms with van der Waals surface area (Å²) in [5.41, 5.74) is 1.82. The first-order chi connectivity index (χ1) is 12.3. The summed E-state index contributed by atoms with van der Waals surface area (Å²) in [6.07, 6.45) is 13.2. The molecule has 4 rings (SSSR count). The number of rotatable bonds is 4. The number of amides is 1. The van der Waals surface area contributed by atoms with Crippen LogP contribution in [0.4, 0.5) is 0 Å². The molecule has 0 saturated carbocycles. The molecule has 3 aromatic rings. The maximum absolute atomic E-state index is 13.1. The van der Waals surface area contributed by atoms with E-state index in [-0.39, 0.29) is 5.91 Å². The average Bonchev–Trinajstić information content (AvgIpc) is 3.34. The summed E-state index contributed by atoms with van der Waals surface area (Å²) < 4.78 is 4.11. The van der Waals surface area contributed by atoms with Crippen LogP contribution >= 0.6 is 0 Å². The molecular weight excluding hydrogens is 314 g/mol. The summed E-state index contributed by atoms with van der Waals surface area (Å²) in [7, 11) is 0. The van der Waals surface area contributed by atoms with Crippen LogP contribution in [0.15, 0.2) is 61.6 Å². The van der Waals surface area contributed by atoms with Crippen molar-refractivity contribution in [3.63, 3.8) is 0 Å². The van der Waals surface area contributed by atoms with Gasteiger partial charge in [-0.05, 0) is 36.6 Å². The lowest BCUT2D eigenvalue weighted by molar-refractivity contribution is 0.0669. The molecule has 0 spiro atoms. The van der Waals surface area contributed by atoms with Gasteiger partial charge in [0.2, 0.25) is 0 Å². The molecule has 0 bridgehead atoms. The molecule has 1 atom stereocenters. The van der Waals surface area contributed by atoms with Crippen molar-refractivity contribution in [1.29, 1.82) is 0 Å². The lowest BCUT2D eigenvalue weighted by Crippen LogP contribution is -2.41. The van der Waals surface area contributed by atoms with Gasteiger partial charge in [0, 0.05) is 50.6 Å². The highest BCUT2D eigenvalue weighted by Crippen LogP contribution is 2.23. The van der Waals surface area contributed by atoms with Crippen LogP contribution in [0.25, 0.3) is 0 Å². The topological polar surface area (TPSA) is 56.0 Å². The molecule has 128 valence electrons. The zero-order valence-electron chi connectivity index (χ0n) is 14.0. The number of nitrogens with zero attached hydrogens (tertiary/aromatic N) is 5. The van der Waals surface area contributed by atoms with E-state index in [4.69, 9.17) is 0 Å². The van der Waals surface area contributed by atoms with E-state index in [1.165, 1.54) is 0 Å². The van der Waals surface area contributed by atoms with Crippen LogP contribution in [0.5, 0.6) is 0 Å². The van der Waals surface area contributed by atoms with Gasteiger partial charge in [-0.3, -0.25) is 9.78 Å². The zero-order valence-corrected chi connectivity index (χ0v) is 14.0. The van der Waals surface area contributed by atoms with E-state index in [1.807, 2.05) is 58.7 Å². The van der Waals surface area contributed by atoms with E-state index in [2.05, 4.69) is 14.5 Å². The zero-order chi connectivity index (χ0) is 17.1. The van der Waals surface area contributed by atoms with E-state index in [0.29, 0.717) is 12.6 Å². The van der Waals surface area contributed by atoms with Gasteiger partial charge in [0.25, 0.3) is 5.91 Å². The minimum atomic E-state index is 0.0960. The van der Waals surface area contributed by atoms with Crippen LogP contribution in [0.1, 0.15) is 34.9 Å². The van der Waals surface area contributed by atoms with Crippen LogP contribution in [0.3, 0.4) is 0 Å². The summed E-state index contributed by atoms with van der Waals surface area (Å²) in [5.74, 6) is 0.0960. The van der Waals surface area contributed by atoms with Crippen LogP contribution < -0.4 is 0 Å². The van der Waals surface area contributed by atoms with Crippen LogP contribution in [-0.2, 0) is 6.54 Å². The van der Waals surface area contributed by atoms with E-state index < -0.39 is 0 Å². The number of carbonyl (C=O) groups is 1. The first-order valence-corrected chi connectivity index (χ1v) is 8.62. The lowest BCUT2D eigenvalue weighted by atomic mass is 10.1. The first kappa shape index (κ1) is 15.6. The van der Waals surface area contributed by atoms with Gasteiger partial charge in [0.1, 0.15) is 5.69 Å². The Morgan fingerprint density at radius 3 is 2.92 bits per heavy atom. The number of hydrogen-bond acceptors (Lipinski definition) is 3. The molecule has 6 nitrogen and oxygen atoms in total. The number of imidazole rings is 1. The Hall–Kier alpha value is -2.89. The van der Waals surface area contributed by atoms with Crippen molar-refractivity contribution in [1.82, 2.24) is 24.0 Å². The fourth-order valence-corrected chi connectivity index (χ4v) is 3.46. The predicted molar refractivity (Wildman–Crippen MR) is 94.2 cm³/mol. The van der Waals surface area contributed by atoms with Gasteiger partial charge < -0.3 is 14.0 Å². The maximum atomic E-state index is 13.1. The van der Waals surface area contributed by atoms with E-state index in [1.54, 1.807) is 12.4 Å². The van der Waals surface area contributed by atoms with E-state index in [0.717, 1.165) is 37.2 Å². The number of likely N-dealkylation sites (tertiary alicyclic amines) is 1. The molecule has 1 unspecified atom stereocenters. The van der Waals surface area contributed by atoms with Gasteiger partial charge in [-0.15, -0.1) is 0 Å². The summed E-state index contributed by atoms with van der Waals surface area (Å²) >= 11 is 0.